The summed E-state index contributed by atoms with van der Waals surface area (Å²) in [6.45, 7) is 12.0. The molecule has 3 aromatic rings. The number of alkyl halides is 3. The Hall–Kier alpha value is -4.29. The normalized spacial score (nSPS) is 12.5. The number of nitrogens with one attached hydrogen (secondary N) is 2. The highest BCUT2D eigenvalue weighted by atomic mass is 19.4. The number of hydrogen-bond donors (Lipinski definition) is 3. The third-order valence-electron chi connectivity index (χ3n) is 5.10. The fraction of sp³-hybridized carbons (Fsp3) is 0.385. The lowest BCUT2D eigenvalue weighted by atomic mass is 9.87. The number of H-pyrrole nitrogens is 1. The summed E-state index contributed by atoms with van der Waals surface area (Å²) in [5.41, 5.74) is 1.93. The summed E-state index contributed by atoms with van der Waals surface area (Å²) in [5.74, 6) is -3.48. The Balaban J connectivity index is 0.000000673. The maximum Gasteiger partial charge on any atom is 0.490 e. The number of carboxylic acid groups (broad SMARTS) is 1. The molecular formula is C26H31F3N6O4. The highest BCUT2D eigenvalue weighted by molar-refractivity contribution is 6.09. The van der Waals surface area contributed by atoms with Crippen molar-refractivity contribution in [1.82, 2.24) is 25.3 Å². The minimum atomic E-state index is -5.08. The minimum Gasteiger partial charge on any atom is -0.475 e. The second kappa shape index (κ2) is 12.0. The molecule has 2 heterocycles. The lowest BCUT2D eigenvalue weighted by Crippen LogP contribution is -2.49. The van der Waals surface area contributed by atoms with Crippen molar-refractivity contribution in [3.05, 3.63) is 72.3 Å². The van der Waals surface area contributed by atoms with Crippen molar-refractivity contribution in [2.24, 2.45) is 0 Å². The molecule has 10 nitrogen and oxygen atoms in total. The number of amides is 2. The first-order chi connectivity index (χ1) is 17.9. The molecule has 13 heteroatoms. The lowest BCUT2D eigenvalue weighted by Gasteiger charge is -2.33. The fourth-order valence-corrected chi connectivity index (χ4v) is 3.32. The van der Waals surface area contributed by atoms with Crippen LogP contribution in [0.1, 0.15) is 69.2 Å². The fourth-order valence-electron chi connectivity index (χ4n) is 3.32. The van der Waals surface area contributed by atoms with Crippen molar-refractivity contribution in [2.45, 2.75) is 64.7 Å². The molecule has 0 aliphatic carbocycles. The van der Waals surface area contributed by atoms with Crippen LogP contribution in [0.25, 0.3) is 0 Å². The van der Waals surface area contributed by atoms with Crippen molar-refractivity contribution in [1.29, 1.82) is 0 Å². The first-order valence-corrected chi connectivity index (χ1v) is 11.7. The van der Waals surface area contributed by atoms with E-state index in [0.29, 0.717) is 11.3 Å². The zero-order valence-electron chi connectivity index (χ0n) is 22.4. The summed E-state index contributed by atoms with van der Waals surface area (Å²) >= 11 is 0. The van der Waals surface area contributed by atoms with Gasteiger partial charge in [-0.2, -0.15) is 13.2 Å². The Kier molecular flexibility index (Phi) is 9.56. The molecule has 1 atom stereocenters. The Labute approximate surface area is 223 Å². The smallest absolute Gasteiger partial charge is 0.475 e. The van der Waals surface area contributed by atoms with Gasteiger partial charge in [0.2, 0.25) is 5.91 Å². The number of aliphatic carboxylic acids is 1. The minimum absolute atomic E-state index is 0.0486. The third-order valence-corrected chi connectivity index (χ3v) is 5.10. The summed E-state index contributed by atoms with van der Waals surface area (Å²) in [4.78, 5) is 52.4. The van der Waals surface area contributed by atoms with Crippen molar-refractivity contribution in [3.8, 4) is 0 Å². The highest BCUT2D eigenvalue weighted by Crippen LogP contribution is 2.31. The van der Waals surface area contributed by atoms with Gasteiger partial charge in [0, 0.05) is 29.2 Å². The van der Waals surface area contributed by atoms with Crippen LogP contribution in [0.4, 0.5) is 18.9 Å². The van der Waals surface area contributed by atoms with E-state index in [1.165, 1.54) is 23.8 Å². The second-order valence-electron chi connectivity index (χ2n) is 10.6. The summed E-state index contributed by atoms with van der Waals surface area (Å²) in [6, 6.07) is 6.68. The molecule has 0 saturated heterocycles. The number of benzene rings is 1. The van der Waals surface area contributed by atoms with Gasteiger partial charge in [0.05, 0.1) is 12.5 Å². The number of imidazole rings is 1. The number of rotatable bonds is 5. The molecule has 39 heavy (non-hydrogen) atoms. The molecule has 0 spiro atoms. The van der Waals surface area contributed by atoms with Gasteiger partial charge in [0.1, 0.15) is 18.1 Å². The van der Waals surface area contributed by atoms with Gasteiger partial charge in [-0.1, -0.05) is 32.9 Å². The summed E-state index contributed by atoms with van der Waals surface area (Å²) < 4.78 is 31.7. The monoisotopic (exact) mass is 548 g/mol. The van der Waals surface area contributed by atoms with E-state index in [-0.39, 0.29) is 22.9 Å². The maximum absolute atomic E-state index is 13.6. The van der Waals surface area contributed by atoms with E-state index in [1.54, 1.807) is 12.4 Å². The Morgan fingerprint density at radius 1 is 0.923 bits per heavy atom. The van der Waals surface area contributed by atoms with Crippen molar-refractivity contribution < 1.29 is 32.7 Å². The first kappa shape index (κ1) is 30.9. The molecule has 0 saturated carbocycles. The van der Waals surface area contributed by atoms with Gasteiger partial charge >= 0.3 is 12.1 Å². The van der Waals surface area contributed by atoms with Crippen LogP contribution < -0.4 is 10.2 Å². The number of carbonyl (C=O) groups is 3. The predicted octanol–water partition coefficient (Wildman–Crippen LogP) is 4.43. The number of aromatic amines is 1. The quantitative estimate of drug-likeness (QED) is 0.428. The van der Waals surface area contributed by atoms with Crippen LogP contribution in [-0.2, 0) is 15.0 Å². The number of halogens is 3. The second-order valence-corrected chi connectivity index (χ2v) is 10.6. The molecular weight excluding hydrogens is 517 g/mol. The average molecular weight is 549 g/mol. The molecule has 3 rings (SSSR count). The van der Waals surface area contributed by atoms with Crippen LogP contribution in [0.15, 0.2) is 55.5 Å². The number of aromatic nitrogens is 4. The topological polar surface area (TPSA) is 141 Å². The van der Waals surface area contributed by atoms with Crippen LogP contribution in [0.3, 0.4) is 0 Å². The average Bonchev–Trinajstić information content (AvgIpc) is 3.36. The first-order valence-electron chi connectivity index (χ1n) is 11.7. The molecule has 0 fully saturated rings. The molecule has 1 unspecified atom stereocenters. The molecule has 2 aromatic heterocycles. The standard InChI is InChI=1S/C24H30N6O2.C2HF3O2/c1-23(2,3)17-7-9-18(10-8-17)30(22(32)19-13-27-15-28-19)20(16-11-25-14-26-12-16)21(31)29-24(4,5)6;3-2(4,5)1(6)7/h7-15,20H,1-6H3,(H,27,28)(H,29,31);(H,6,7). The number of carboxylic acids is 1. The van der Waals surface area contributed by atoms with E-state index in [2.05, 4.69) is 46.0 Å². The van der Waals surface area contributed by atoms with Crippen LogP contribution in [0.5, 0.6) is 0 Å². The van der Waals surface area contributed by atoms with Gasteiger partial charge in [-0.3, -0.25) is 14.5 Å². The molecule has 0 bridgehead atoms. The summed E-state index contributed by atoms with van der Waals surface area (Å²) in [5, 5.41) is 10.1. The molecule has 0 radical (unpaired) electrons. The number of hydrogen-bond acceptors (Lipinski definition) is 6. The van der Waals surface area contributed by atoms with Crippen LogP contribution in [0.2, 0.25) is 0 Å². The van der Waals surface area contributed by atoms with Crippen molar-refractivity contribution >= 4 is 23.5 Å². The number of carbonyl (C=O) groups excluding carboxylic acids is 2. The van der Waals surface area contributed by atoms with E-state index in [1.807, 2.05) is 45.0 Å². The zero-order chi connectivity index (χ0) is 29.6. The SMILES string of the molecule is CC(C)(C)NC(=O)C(c1cncnc1)N(C(=O)c1cnc[nH]1)c1ccc(C(C)(C)C)cc1.O=C(O)C(F)(F)F. The van der Waals surface area contributed by atoms with E-state index in [4.69, 9.17) is 9.90 Å². The van der Waals surface area contributed by atoms with Crippen molar-refractivity contribution in [2.75, 3.05) is 4.90 Å². The van der Waals surface area contributed by atoms with Gasteiger partial charge in [-0.15, -0.1) is 0 Å². The molecule has 2 amide bonds. The van der Waals surface area contributed by atoms with Crippen LogP contribution >= 0.6 is 0 Å². The number of nitrogens with zero attached hydrogens (tertiary/aromatic N) is 4. The Morgan fingerprint density at radius 3 is 1.87 bits per heavy atom. The van der Waals surface area contributed by atoms with Gasteiger partial charge in [0.25, 0.3) is 5.91 Å². The van der Waals surface area contributed by atoms with Gasteiger partial charge in [0.15, 0.2) is 0 Å². The van der Waals surface area contributed by atoms with Crippen molar-refractivity contribution in [3.63, 3.8) is 0 Å². The van der Waals surface area contributed by atoms with E-state index >= 15 is 0 Å². The van der Waals surface area contributed by atoms with Crippen LogP contribution in [-0.4, -0.2) is 54.5 Å². The lowest BCUT2D eigenvalue weighted by molar-refractivity contribution is -0.192. The highest BCUT2D eigenvalue weighted by Gasteiger charge is 2.38. The van der Waals surface area contributed by atoms with Gasteiger partial charge in [-0.25, -0.2) is 19.7 Å². The molecule has 210 valence electrons. The zero-order valence-corrected chi connectivity index (χ0v) is 22.4. The van der Waals surface area contributed by atoms with Gasteiger partial charge in [-0.05, 0) is 43.9 Å². The molecule has 1 aromatic carbocycles. The summed E-state index contributed by atoms with van der Waals surface area (Å²) in [6.07, 6.45) is 2.29. The number of anilines is 1. The van der Waals surface area contributed by atoms with E-state index in [0.717, 1.165) is 5.56 Å². The molecule has 0 aliphatic rings. The van der Waals surface area contributed by atoms with Gasteiger partial charge < -0.3 is 15.4 Å². The largest absolute Gasteiger partial charge is 0.490 e. The summed E-state index contributed by atoms with van der Waals surface area (Å²) in [7, 11) is 0. The van der Waals surface area contributed by atoms with Crippen LogP contribution in [0, 0.1) is 0 Å². The Morgan fingerprint density at radius 2 is 1.46 bits per heavy atom. The predicted molar refractivity (Wildman–Crippen MR) is 137 cm³/mol. The van der Waals surface area contributed by atoms with E-state index < -0.39 is 23.7 Å². The molecule has 0 aliphatic heterocycles. The maximum atomic E-state index is 13.6. The van der Waals surface area contributed by atoms with E-state index in [9.17, 15) is 22.8 Å². The Bertz CT molecular complexity index is 1250. The molecule has 3 N–H and O–H groups in total. The third kappa shape index (κ3) is 8.90.